The van der Waals surface area contributed by atoms with Crippen molar-refractivity contribution in [3.05, 3.63) is 29.3 Å². The lowest BCUT2D eigenvalue weighted by Gasteiger charge is -2.35. The van der Waals surface area contributed by atoms with Crippen LogP contribution in [0.25, 0.3) is 0 Å². The second kappa shape index (κ2) is 8.29. The first-order valence-corrected chi connectivity index (χ1v) is 8.71. The number of piperidine rings is 1. The number of nitrogens with one attached hydrogen (secondary N) is 1. The van der Waals surface area contributed by atoms with E-state index in [9.17, 15) is 9.59 Å². The number of aryl methyl sites for hydroxylation is 2. The third-order valence-electron chi connectivity index (χ3n) is 4.65. The quantitative estimate of drug-likeness (QED) is 0.842. The Bertz CT molecular complexity index is 600. The van der Waals surface area contributed by atoms with Gasteiger partial charge in [0, 0.05) is 12.2 Å². The molecule has 1 aliphatic rings. The Kier molecular flexibility index (Phi) is 6.37. The van der Waals surface area contributed by atoms with Crippen molar-refractivity contribution in [2.75, 3.05) is 25.0 Å². The molecular weight excluding hydrogens is 304 g/mol. The van der Waals surface area contributed by atoms with E-state index < -0.39 is 0 Å². The molecule has 0 saturated carbocycles. The van der Waals surface area contributed by atoms with E-state index in [1.807, 2.05) is 45.9 Å². The van der Waals surface area contributed by atoms with Gasteiger partial charge in [-0.25, -0.2) is 0 Å². The number of likely N-dealkylation sites (tertiary alicyclic amines) is 1. The summed E-state index contributed by atoms with van der Waals surface area (Å²) in [6, 6.07) is 5.75. The molecular formula is C19H28N2O3. The standard InChI is InChI=1S/C19H28N2O3/c1-5-24-19(23)16-7-6-10-21(12-16)15(4)18(22)20-17-11-13(2)8-9-14(17)3/h8-9,11,15-16H,5-7,10,12H2,1-4H3,(H,20,22)/t15-,16-/m0/s1. The van der Waals surface area contributed by atoms with Crippen LogP contribution in [0, 0.1) is 19.8 Å². The first-order chi connectivity index (χ1) is 11.4. The molecule has 1 amide bonds. The van der Waals surface area contributed by atoms with E-state index in [1.165, 1.54) is 0 Å². The molecule has 0 unspecified atom stereocenters. The van der Waals surface area contributed by atoms with Gasteiger partial charge in [-0.3, -0.25) is 14.5 Å². The molecule has 1 saturated heterocycles. The fourth-order valence-corrected chi connectivity index (χ4v) is 3.08. The number of anilines is 1. The van der Waals surface area contributed by atoms with Crippen LogP contribution in [0.5, 0.6) is 0 Å². The molecule has 1 aromatic carbocycles. The molecule has 1 heterocycles. The van der Waals surface area contributed by atoms with Crippen molar-refractivity contribution in [2.24, 2.45) is 5.92 Å². The van der Waals surface area contributed by atoms with Crippen LogP contribution in [0.4, 0.5) is 5.69 Å². The Balaban J connectivity index is 1.99. The Morgan fingerprint density at radius 2 is 2.12 bits per heavy atom. The summed E-state index contributed by atoms with van der Waals surface area (Å²) in [5, 5.41) is 3.02. The number of rotatable bonds is 5. The second-order valence-electron chi connectivity index (χ2n) is 6.57. The lowest BCUT2D eigenvalue weighted by Crippen LogP contribution is -2.48. The number of amides is 1. The van der Waals surface area contributed by atoms with Gasteiger partial charge < -0.3 is 10.1 Å². The topological polar surface area (TPSA) is 58.6 Å². The van der Waals surface area contributed by atoms with Crippen molar-refractivity contribution in [2.45, 2.75) is 46.6 Å². The second-order valence-corrected chi connectivity index (χ2v) is 6.57. The van der Waals surface area contributed by atoms with Gasteiger partial charge in [0.15, 0.2) is 0 Å². The Hall–Kier alpha value is -1.88. The fraction of sp³-hybridized carbons (Fsp3) is 0.579. The summed E-state index contributed by atoms with van der Waals surface area (Å²) in [6.07, 6.45) is 1.74. The normalized spacial score (nSPS) is 19.6. The van der Waals surface area contributed by atoms with Crippen LogP contribution >= 0.6 is 0 Å². The number of ether oxygens (including phenoxy) is 1. The zero-order chi connectivity index (χ0) is 17.7. The van der Waals surface area contributed by atoms with Crippen molar-refractivity contribution in [3.63, 3.8) is 0 Å². The van der Waals surface area contributed by atoms with Crippen molar-refractivity contribution in [1.82, 2.24) is 4.90 Å². The molecule has 2 atom stereocenters. The maximum atomic E-state index is 12.6. The highest BCUT2D eigenvalue weighted by atomic mass is 16.5. The number of hydrogen-bond acceptors (Lipinski definition) is 4. The minimum Gasteiger partial charge on any atom is -0.466 e. The monoisotopic (exact) mass is 332 g/mol. The van der Waals surface area contributed by atoms with Crippen molar-refractivity contribution >= 4 is 17.6 Å². The van der Waals surface area contributed by atoms with Crippen LogP contribution in [0.2, 0.25) is 0 Å². The summed E-state index contributed by atoms with van der Waals surface area (Å²) in [6.45, 7) is 9.52. The lowest BCUT2D eigenvalue weighted by molar-refractivity contribution is -0.150. The van der Waals surface area contributed by atoms with Gasteiger partial charge in [-0.15, -0.1) is 0 Å². The Labute approximate surface area is 144 Å². The summed E-state index contributed by atoms with van der Waals surface area (Å²) in [5.74, 6) is -0.313. The molecule has 5 heteroatoms. The number of esters is 1. The molecule has 1 fully saturated rings. The molecule has 132 valence electrons. The van der Waals surface area contributed by atoms with E-state index in [4.69, 9.17) is 4.74 Å². The van der Waals surface area contributed by atoms with E-state index in [0.717, 1.165) is 36.2 Å². The summed E-state index contributed by atoms with van der Waals surface area (Å²) in [4.78, 5) is 26.6. The summed E-state index contributed by atoms with van der Waals surface area (Å²) in [7, 11) is 0. The first-order valence-electron chi connectivity index (χ1n) is 8.71. The van der Waals surface area contributed by atoms with Crippen LogP contribution in [-0.2, 0) is 14.3 Å². The average Bonchev–Trinajstić information content (AvgIpc) is 2.57. The highest BCUT2D eigenvalue weighted by molar-refractivity contribution is 5.95. The van der Waals surface area contributed by atoms with Gasteiger partial charge in [0.25, 0.3) is 0 Å². The van der Waals surface area contributed by atoms with E-state index in [1.54, 1.807) is 0 Å². The molecule has 5 nitrogen and oxygen atoms in total. The van der Waals surface area contributed by atoms with Gasteiger partial charge in [0.05, 0.1) is 18.6 Å². The van der Waals surface area contributed by atoms with Crippen LogP contribution < -0.4 is 5.32 Å². The third kappa shape index (κ3) is 4.57. The number of carbonyl (C=O) groups excluding carboxylic acids is 2. The SMILES string of the molecule is CCOC(=O)[C@H]1CCCN([C@@H](C)C(=O)Nc2cc(C)ccc2C)C1. The Morgan fingerprint density at radius 1 is 1.38 bits per heavy atom. The van der Waals surface area contributed by atoms with Crippen molar-refractivity contribution in [3.8, 4) is 0 Å². The lowest BCUT2D eigenvalue weighted by atomic mass is 9.97. The smallest absolute Gasteiger partial charge is 0.310 e. The minimum atomic E-state index is -0.276. The Morgan fingerprint density at radius 3 is 2.83 bits per heavy atom. The number of carbonyl (C=O) groups is 2. The van der Waals surface area contributed by atoms with Gasteiger partial charge >= 0.3 is 5.97 Å². The van der Waals surface area contributed by atoms with E-state index in [2.05, 4.69) is 10.2 Å². The maximum absolute atomic E-state index is 12.6. The highest BCUT2D eigenvalue weighted by Gasteiger charge is 2.31. The molecule has 1 N–H and O–H groups in total. The van der Waals surface area contributed by atoms with Crippen molar-refractivity contribution in [1.29, 1.82) is 0 Å². The highest BCUT2D eigenvalue weighted by Crippen LogP contribution is 2.21. The van der Waals surface area contributed by atoms with Gasteiger partial charge in [-0.2, -0.15) is 0 Å². The third-order valence-corrected chi connectivity index (χ3v) is 4.65. The van der Waals surface area contributed by atoms with Gasteiger partial charge in [-0.05, 0) is 64.3 Å². The molecule has 0 bridgehead atoms. The predicted octanol–water partition coefficient (Wildman–Crippen LogP) is 2.91. The van der Waals surface area contributed by atoms with Crippen LogP contribution in [0.3, 0.4) is 0 Å². The maximum Gasteiger partial charge on any atom is 0.310 e. The van der Waals surface area contributed by atoms with E-state index in [-0.39, 0.29) is 23.8 Å². The number of benzene rings is 1. The molecule has 0 spiro atoms. The average molecular weight is 332 g/mol. The van der Waals surface area contributed by atoms with Crippen LogP contribution in [0.1, 0.15) is 37.8 Å². The van der Waals surface area contributed by atoms with Gasteiger partial charge in [-0.1, -0.05) is 12.1 Å². The molecule has 0 aromatic heterocycles. The molecule has 0 radical (unpaired) electrons. The molecule has 24 heavy (non-hydrogen) atoms. The molecule has 0 aliphatic carbocycles. The van der Waals surface area contributed by atoms with Crippen LogP contribution in [-0.4, -0.2) is 42.5 Å². The molecule has 2 rings (SSSR count). The predicted molar refractivity (Wildman–Crippen MR) is 94.9 cm³/mol. The summed E-state index contributed by atoms with van der Waals surface area (Å²) in [5.41, 5.74) is 3.01. The zero-order valence-electron chi connectivity index (χ0n) is 15.1. The number of nitrogens with zero attached hydrogens (tertiary/aromatic N) is 1. The summed E-state index contributed by atoms with van der Waals surface area (Å²) < 4.78 is 5.13. The largest absolute Gasteiger partial charge is 0.466 e. The van der Waals surface area contributed by atoms with E-state index >= 15 is 0 Å². The van der Waals surface area contributed by atoms with Gasteiger partial charge in [0.2, 0.25) is 5.91 Å². The van der Waals surface area contributed by atoms with Gasteiger partial charge in [0.1, 0.15) is 0 Å². The minimum absolute atomic E-state index is 0.0341. The van der Waals surface area contributed by atoms with Crippen LogP contribution in [0.15, 0.2) is 18.2 Å². The molecule has 1 aliphatic heterocycles. The van der Waals surface area contributed by atoms with E-state index in [0.29, 0.717) is 13.2 Å². The summed E-state index contributed by atoms with van der Waals surface area (Å²) >= 11 is 0. The number of hydrogen-bond donors (Lipinski definition) is 1. The fourth-order valence-electron chi connectivity index (χ4n) is 3.08. The first kappa shape index (κ1) is 18.5. The zero-order valence-corrected chi connectivity index (χ0v) is 15.1. The van der Waals surface area contributed by atoms with Crippen molar-refractivity contribution < 1.29 is 14.3 Å². The molecule has 1 aromatic rings.